The summed E-state index contributed by atoms with van der Waals surface area (Å²) in [6.45, 7) is 4.28. The van der Waals surface area contributed by atoms with Crippen molar-refractivity contribution in [2.24, 2.45) is 0 Å². The highest BCUT2D eigenvalue weighted by molar-refractivity contribution is 6.20. The molecule has 25 heavy (non-hydrogen) atoms. The van der Waals surface area contributed by atoms with Gasteiger partial charge in [0.1, 0.15) is 5.58 Å². The molecule has 0 saturated carbocycles. The Hall–Kier alpha value is -3.13. The number of para-hydroxylation sites is 1. The number of aromatic nitrogens is 1. The molecule has 2 nitrogen and oxygen atoms in total. The SMILES string of the molecule is Cc1ccccc1-c1nc2oc3ccccc3c2c2cccc(C)c12. The fraction of sp³-hybridized carbons (Fsp3) is 0.0870. The number of rotatable bonds is 1. The van der Waals surface area contributed by atoms with E-state index in [1.54, 1.807) is 0 Å². The van der Waals surface area contributed by atoms with E-state index in [0.717, 1.165) is 27.6 Å². The van der Waals surface area contributed by atoms with Gasteiger partial charge in [-0.05, 0) is 36.4 Å². The van der Waals surface area contributed by atoms with Crippen molar-refractivity contribution in [3.63, 3.8) is 0 Å². The van der Waals surface area contributed by atoms with Crippen LogP contribution in [-0.2, 0) is 0 Å². The monoisotopic (exact) mass is 323 g/mol. The zero-order chi connectivity index (χ0) is 17.0. The molecule has 120 valence electrons. The lowest BCUT2D eigenvalue weighted by atomic mass is 9.95. The summed E-state index contributed by atoms with van der Waals surface area (Å²) in [5, 5.41) is 4.63. The minimum atomic E-state index is 0.706. The molecule has 0 unspecified atom stereocenters. The van der Waals surface area contributed by atoms with Gasteiger partial charge in [-0.3, -0.25) is 0 Å². The summed E-state index contributed by atoms with van der Waals surface area (Å²) in [5.41, 5.74) is 6.19. The molecule has 0 N–H and O–H groups in total. The Bertz CT molecular complexity index is 1260. The summed E-state index contributed by atoms with van der Waals surface area (Å²) in [6, 6.07) is 23.0. The zero-order valence-corrected chi connectivity index (χ0v) is 14.2. The smallest absolute Gasteiger partial charge is 0.228 e. The van der Waals surface area contributed by atoms with Crippen molar-refractivity contribution < 1.29 is 4.42 Å². The van der Waals surface area contributed by atoms with Crippen molar-refractivity contribution in [1.29, 1.82) is 0 Å². The van der Waals surface area contributed by atoms with Crippen LogP contribution >= 0.6 is 0 Å². The number of aryl methyl sites for hydroxylation is 2. The third kappa shape index (κ3) is 2.01. The lowest BCUT2D eigenvalue weighted by Crippen LogP contribution is -1.92. The number of benzene rings is 3. The quantitative estimate of drug-likeness (QED) is 0.356. The number of furan rings is 1. The highest BCUT2D eigenvalue weighted by Gasteiger charge is 2.17. The summed E-state index contributed by atoms with van der Waals surface area (Å²) >= 11 is 0. The van der Waals surface area contributed by atoms with Crippen molar-refractivity contribution in [1.82, 2.24) is 4.98 Å². The van der Waals surface area contributed by atoms with Crippen molar-refractivity contribution in [2.75, 3.05) is 0 Å². The van der Waals surface area contributed by atoms with E-state index in [1.165, 1.54) is 21.9 Å². The van der Waals surface area contributed by atoms with Crippen LogP contribution in [0.25, 0.3) is 44.1 Å². The molecule has 0 bridgehead atoms. The van der Waals surface area contributed by atoms with Crippen LogP contribution in [0.4, 0.5) is 0 Å². The number of pyridine rings is 1. The van der Waals surface area contributed by atoms with Crippen LogP contribution in [0.2, 0.25) is 0 Å². The third-order valence-electron chi connectivity index (χ3n) is 4.97. The molecule has 3 aromatic carbocycles. The van der Waals surface area contributed by atoms with Gasteiger partial charge in [-0.15, -0.1) is 0 Å². The highest BCUT2D eigenvalue weighted by atomic mass is 16.3. The van der Waals surface area contributed by atoms with Crippen LogP contribution in [-0.4, -0.2) is 4.98 Å². The third-order valence-corrected chi connectivity index (χ3v) is 4.97. The molecular weight excluding hydrogens is 306 g/mol. The molecule has 0 saturated heterocycles. The van der Waals surface area contributed by atoms with Gasteiger partial charge in [0, 0.05) is 16.3 Å². The molecule has 0 fully saturated rings. The lowest BCUT2D eigenvalue weighted by Gasteiger charge is -2.11. The van der Waals surface area contributed by atoms with Crippen LogP contribution in [0.1, 0.15) is 11.1 Å². The summed E-state index contributed by atoms with van der Waals surface area (Å²) in [7, 11) is 0. The Balaban J connectivity index is 2.05. The van der Waals surface area contributed by atoms with Crippen LogP contribution in [0.5, 0.6) is 0 Å². The molecular formula is C23H17NO. The van der Waals surface area contributed by atoms with Gasteiger partial charge in [-0.25, -0.2) is 4.98 Å². The first kappa shape index (κ1) is 14.2. The molecule has 0 aliphatic carbocycles. The molecule has 0 aliphatic rings. The average molecular weight is 323 g/mol. The fourth-order valence-corrected chi connectivity index (χ4v) is 3.75. The molecule has 5 aromatic rings. The van der Waals surface area contributed by atoms with E-state index in [1.807, 2.05) is 18.2 Å². The number of hydrogen-bond donors (Lipinski definition) is 0. The second kappa shape index (κ2) is 5.18. The highest BCUT2D eigenvalue weighted by Crippen LogP contribution is 2.39. The summed E-state index contributed by atoms with van der Waals surface area (Å²) in [4.78, 5) is 4.97. The summed E-state index contributed by atoms with van der Waals surface area (Å²) in [5.74, 6) is 0. The Labute approximate surface area is 145 Å². The standard InChI is InChI=1S/C23H17NO/c1-14-8-3-4-10-16(14)22-20-15(2)9-7-12-18(20)21-17-11-5-6-13-19(17)25-23(21)24-22/h3-13H,1-2H3. The maximum atomic E-state index is 6.09. The molecule has 0 amide bonds. The maximum Gasteiger partial charge on any atom is 0.228 e. The van der Waals surface area contributed by atoms with Gasteiger partial charge in [0.2, 0.25) is 5.71 Å². The van der Waals surface area contributed by atoms with E-state index >= 15 is 0 Å². The van der Waals surface area contributed by atoms with Crippen molar-refractivity contribution in [3.8, 4) is 11.3 Å². The second-order valence-corrected chi connectivity index (χ2v) is 6.55. The van der Waals surface area contributed by atoms with Gasteiger partial charge in [0.15, 0.2) is 0 Å². The van der Waals surface area contributed by atoms with Gasteiger partial charge in [-0.1, -0.05) is 60.7 Å². The van der Waals surface area contributed by atoms with Crippen LogP contribution in [0.3, 0.4) is 0 Å². The topological polar surface area (TPSA) is 26.0 Å². The largest absolute Gasteiger partial charge is 0.438 e. The molecule has 0 aliphatic heterocycles. The van der Waals surface area contributed by atoms with E-state index in [9.17, 15) is 0 Å². The first-order valence-electron chi connectivity index (χ1n) is 8.50. The fourth-order valence-electron chi connectivity index (χ4n) is 3.75. The maximum absolute atomic E-state index is 6.09. The van der Waals surface area contributed by atoms with Crippen LogP contribution in [0.15, 0.2) is 71.1 Å². The Kier molecular flexibility index (Phi) is 2.95. The van der Waals surface area contributed by atoms with E-state index in [4.69, 9.17) is 9.40 Å². The van der Waals surface area contributed by atoms with Crippen molar-refractivity contribution in [3.05, 3.63) is 77.9 Å². The first-order valence-corrected chi connectivity index (χ1v) is 8.50. The normalized spacial score (nSPS) is 11.6. The number of fused-ring (bicyclic) bond motifs is 5. The predicted octanol–water partition coefficient (Wildman–Crippen LogP) is 6.42. The Morgan fingerprint density at radius 3 is 2.28 bits per heavy atom. The number of hydrogen-bond acceptors (Lipinski definition) is 2. The predicted molar refractivity (Wildman–Crippen MR) is 104 cm³/mol. The van der Waals surface area contributed by atoms with Crippen molar-refractivity contribution in [2.45, 2.75) is 13.8 Å². The van der Waals surface area contributed by atoms with Crippen LogP contribution in [0, 0.1) is 13.8 Å². The van der Waals surface area contributed by atoms with E-state index < -0.39 is 0 Å². The van der Waals surface area contributed by atoms with Gasteiger partial charge >= 0.3 is 0 Å². The zero-order valence-electron chi connectivity index (χ0n) is 14.2. The Morgan fingerprint density at radius 1 is 0.680 bits per heavy atom. The van der Waals surface area contributed by atoms with Crippen LogP contribution < -0.4 is 0 Å². The van der Waals surface area contributed by atoms with E-state index in [-0.39, 0.29) is 0 Å². The minimum absolute atomic E-state index is 0.706. The Morgan fingerprint density at radius 2 is 1.40 bits per heavy atom. The van der Waals surface area contributed by atoms with Crippen molar-refractivity contribution >= 4 is 32.8 Å². The van der Waals surface area contributed by atoms with E-state index in [2.05, 4.69) is 62.4 Å². The first-order chi connectivity index (χ1) is 12.2. The van der Waals surface area contributed by atoms with Gasteiger partial charge in [0.05, 0.1) is 11.1 Å². The summed E-state index contributed by atoms with van der Waals surface area (Å²) in [6.07, 6.45) is 0. The molecule has 0 atom stereocenters. The molecule has 2 heterocycles. The minimum Gasteiger partial charge on any atom is -0.438 e. The molecule has 0 spiro atoms. The van der Waals surface area contributed by atoms with E-state index in [0.29, 0.717) is 5.71 Å². The molecule has 0 radical (unpaired) electrons. The molecule has 2 aromatic heterocycles. The molecule has 2 heteroatoms. The lowest BCUT2D eigenvalue weighted by molar-refractivity contribution is 0.655. The second-order valence-electron chi connectivity index (χ2n) is 6.55. The average Bonchev–Trinajstić information content (AvgIpc) is 3.00. The van der Waals surface area contributed by atoms with Gasteiger partial charge in [0.25, 0.3) is 0 Å². The van der Waals surface area contributed by atoms with Gasteiger partial charge < -0.3 is 4.42 Å². The summed E-state index contributed by atoms with van der Waals surface area (Å²) < 4.78 is 6.09. The van der Waals surface area contributed by atoms with Gasteiger partial charge in [-0.2, -0.15) is 0 Å². The number of nitrogens with zero attached hydrogens (tertiary/aromatic N) is 1. The molecule has 5 rings (SSSR count).